The molecule has 34 heavy (non-hydrogen) atoms. The monoisotopic (exact) mass is 480 g/mol. The summed E-state index contributed by atoms with van der Waals surface area (Å²) >= 11 is 1.46. The molecular weight excluding hydrogens is 459 g/mol. The molecule has 0 radical (unpaired) electrons. The average Bonchev–Trinajstić information content (AvgIpc) is 3.51. The molecule has 4 aromatic rings. The second kappa shape index (κ2) is 9.79. The SMILES string of the molecule is C=C(OC)c1cc(CNC(=O)c2cc(C(=O)NCc3ccc(F)c(C)c3)nc3ncnn23)cs1. The lowest BCUT2D eigenvalue weighted by Crippen LogP contribution is -2.28. The molecule has 0 aliphatic carbocycles. The van der Waals surface area contributed by atoms with Crippen LogP contribution in [0, 0.1) is 12.7 Å². The fourth-order valence-electron chi connectivity index (χ4n) is 3.17. The topological polar surface area (TPSA) is 111 Å². The van der Waals surface area contributed by atoms with E-state index in [4.69, 9.17) is 4.74 Å². The van der Waals surface area contributed by atoms with E-state index in [1.807, 2.05) is 11.4 Å². The van der Waals surface area contributed by atoms with E-state index in [0.717, 1.165) is 16.0 Å². The molecule has 1 aromatic carbocycles. The molecule has 4 rings (SSSR count). The summed E-state index contributed by atoms with van der Waals surface area (Å²) in [5.74, 6) is -0.592. The number of hydrogen-bond acceptors (Lipinski definition) is 7. The molecule has 3 heterocycles. The molecule has 0 aliphatic heterocycles. The molecule has 174 valence electrons. The number of aromatic nitrogens is 4. The molecule has 0 saturated carbocycles. The zero-order valence-electron chi connectivity index (χ0n) is 18.5. The first-order valence-electron chi connectivity index (χ1n) is 10.2. The van der Waals surface area contributed by atoms with Gasteiger partial charge in [-0.05, 0) is 41.1 Å². The third-order valence-corrected chi connectivity index (χ3v) is 6.04. The van der Waals surface area contributed by atoms with Gasteiger partial charge in [-0.1, -0.05) is 18.7 Å². The Hall–Kier alpha value is -4.12. The average molecular weight is 481 g/mol. The van der Waals surface area contributed by atoms with Crippen molar-refractivity contribution in [2.45, 2.75) is 20.0 Å². The number of ether oxygens (including phenoxy) is 1. The molecule has 2 N–H and O–H groups in total. The smallest absolute Gasteiger partial charge is 0.270 e. The van der Waals surface area contributed by atoms with Crippen molar-refractivity contribution in [1.29, 1.82) is 0 Å². The van der Waals surface area contributed by atoms with Crippen LogP contribution in [-0.2, 0) is 17.8 Å². The molecule has 0 spiro atoms. The van der Waals surface area contributed by atoms with Crippen molar-refractivity contribution >= 4 is 34.7 Å². The minimum absolute atomic E-state index is 0.0127. The Bertz CT molecular complexity index is 1400. The van der Waals surface area contributed by atoms with Crippen molar-refractivity contribution in [2.75, 3.05) is 7.11 Å². The van der Waals surface area contributed by atoms with Crippen LogP contribution in [0.3, 0.4) is 0 Å². The van der Waals surface area contributed by atoms with Crippen LogP contribution in [0.25, 0.3) is 11.5 Å². The Kier molecular flexibility index (Phi) is 6.64. The van der Waals surface area contributed by atoms with Crippen LogP contribution in [0.1, 0.15) is 42.5 Å². The van der Waals surface area contributed by atoms with Crippen molar-refractivity contribution in [1.82, 2.24) is 30.2 Å². The van der Waals surface area contributed by atoms with Crippen LogP contribution in [0.5, 0.6) is 0 Å². The highest BCUT2D eigenvalue weighted by molar-refractivity contribution is 7.11. The third kappa shape index (κ3) is 4.94. The number of hydrogen-bond donors (Lipinski definition) is 2. The summed E-state index contributed by atoms with van der Waals surface area (Å²) in [6.45, 7) is 5.90. The Balaban J connectivity index is 1.49. The first-order chi connectivity index (χ1) is 16.4. The van der Waals surface area contributed by atoms with Crippen molar-refractivity contribution in [3.05, 3.63) is 87.4 Å². The van der Waals surface area contributed by atoms with Crippen molar-refractivity contribution in [2.24, 2.45) is 0 Å². The number of methoxy groups -OCH3 is 1. The second-order valence-corrected chi connectivity index (χ2v) is 8.31. The molecule has 0 aliphatic rings. The molecule has 0 atom stereocenters. The molecule has 11 heteroatoms. The van der Waals surface area contributed by atoms with Gasteiger partial charge in [-0.3, -0.25) is 9.59 Å². The van der Waals surface area contributed by atoms with Gasteiger partial charge in [0.1, 0.15) is 29.3 Å². The van der Waals surface area contributed by atoms with Gasteiger partial charge in [0.05, 0.1) is 12.0 Å². The van der Waals surface area contributed by atoms with E-state index in [1.165, 1.54) is 34.3 Å². The number of nitrogens with one attached hydrogen (secondary N) is 2. The quantitative estimate of drug-likeness (QED) is 0.375. The van der Waals surface area contributed by atoms with E-state index in [9.17, 15) is 14.0 Å². The first-order valence-corrected chi connectivity index (χ1v) is 11.1. The normalized spacial score (nSPS) is 10.8. The maximum absolute atomic E-state index is 13.5. The number of benzene rings is 1. The minimum atomic E-state index is -0.498. The number of halogens is 1. The summed E-state index contributed by atoms with van der Waals surface area (Å²) < 4.78 is 19.9. The minimum Gasteiger partial charge on any atom is -0.496 e. The molecule has 0 unspecified atom stereocenters. The van der Waals surface area contributed by atoms with Crippen LogP contribution in [0.2, 0.25) is 0 Å². The standard InChI is InChI=1S/C23H21FN6O3S/c1-13-6-15(4-5-17(13)24)9-25-21(31)18-8-19(30-23(29-18)27-12-28-30)22(32)26-10-16-7-20(34-11-16)14(2)33-3/h4-8,11-12H,2,9-10H2,1,3H3,(H,25,31)(H,26,32). The summed E-state index contributed by atoms with van der Waals surface area (Å²) in [5.41, 5.74) is 2.22. The van der Waals surface area contributed by atoms with Gasteiger partial charge in [-0.2, -0.15) is 14.6 Å². The lowest BCUT2D eigenvalue weighted by Gasteiger charge is -2.09. The molecule has 0 bridgehead atoms. The van der Waals surface area contributed by atoms with Gasteiger partial charge in [0, 0.05) is 19.2 Å². The van der Waals surface area contributed by atoms with Crippen molar-refractivity contribution in [3.8, 4) is 0 Å². The summed E-state index contributed by atoms with van der Waals surface area (Å²) in [5, 5.41) is 11.5. The second-order valence-electron chi connectivity index (χ2n) is 7.39. The van der Waals surface area contributed by atoms with Gasteiger partial charge >= 0.3 is 0 Å². The van der Waals surface area contributed by atoms with Gasteiger partial charge in [0.25, 0.3) is 17.6 Å². The third-order valence-electron chi connectivity index (χ3n) is 5.02. The number of carbonyl (C=O) groups is 2. The van der Waals surface area contributed by atoms with E-state index in [0.29, 0.717) is 11.3 Å². The number of amides is 2. The van der Waals surface area contributed by atoms with E-state index in [-0.39, 0.29) is 36.1 Å². The fourth-order valence-corrected chi connectivity index (χ4v) is 4.03. The molecule has 0 saturated heterocycles. The number of rotatable bonds is 8. The Morgan fingerprint density at radius 2 is 1.91 bits per heavy atom. The van der Waals surface area contributed by atoms with Crippen LogP contribution in [-0.4, -0.2) is 38.5 Å². The number of nitrogens with zero attached hydrogens (tertiary/aromatic N) is 4. The fraction of sp³-hybridized carbons (Fsp3) is 0.174. The van der Waals surface area contributed by atoms with Crippen LogP contribution in [0.15, 0.2) is 48.6 Å². The van der Waals surface area contributed by atoms with E-state index < -0.39 is 11.8 Å². The van der Waals surface area contributed by atoms with Crippen LogP contribution >= 0.6 is 11.3 Å². The maximum atomic E-state index is 13.5. The molecule has 3 aromatic heterocycles. The first kappa shape index (κ1) is 23.1. The van der Waals surface area contributed by atoms with E-state index >= 15 is 0 Å². The number of carbonyl (C=O) groups excluding carboxylic acids is 2. The predicted octanol–water partition coefficient (Wildman–Crippen LogP) is 3.11. The molecule has 2 amide bonds. The zero-order chi connectivity index (χ0) is 24.2. The zero-order valence-corrected chi connectivity index (χ0v) is 19.3. The van der Waals surface area contributed by atoms with Gasteiger partial charge in [0.15, 0.2) is 0 Å². The highest BCUT2D eigenvalue weighted by Gasteiger charge is 2.18. The number of aryl methyl sites for hydroxylation is 1. The summed E-state index contributed by atoms with van der Waals surface area (Å²) in [4.78, 5) is 34.7. The number of thiophene rings is 1. The highest BCUT2D eigenvalue weighted by atomic mass is 32.1. The molecular formula is C23H21FN6O3S. The predicted molar refractivity (Wildman–Crippen MR) is 125 cm³/mol. The van der Waals surface area contributed by atoms with Gasteiger partial charge < -0.3 is 15.4 Å². The van der Waals surface area contributed by atoms with Crippen molar-refractivity contribution in [3.63, 3.8) is 0 Å². The Morgan fingerprint density at radius 3 is 2.68 bits per heavy atom. The van der Waals surface area contributed by atoms with Gasteiger partial charge in [0.2, 0.25) is 0 Å². The summed E-state index contributed by atoms with van der Waals surface area (Å²) in [7, 11) is 1.55. The van der Waals surface area contributed by atoms with Gasteiger partial charge in [-0.25, -0.2) is 9.37 Å². The highest BCUT2D eigenvalue weighted by Crippen LogP contribution is 2.22. The maximum Gasteiger partial charge on any atom is 0.270 e. The Morgan fingerprint density at radius 1 is 1.15 bits per heavy atom. The number of fused-ring (bicyclic) bond motifs is 1. The van der Waals surface area contributed by atoms with E-state index in [1.54, 1.807) is 26.2 Å². The Labute approximate surface area is 198 Å². The summed E-state index contributed by atoms with van der Waals surface area (Å²) in [6, 6.07) is 7.83. The molecule has 9 nitrogen and oxygen atoms in total. The van der Waals surface area contributed by atoms with E-state index in [2.05, 4.69) is 32.3 Å². The lowest BCUT2D eigenvalue weighted by molar-refractivity contribution is 0.0942. The lowest BCUT2D eigenvalue weighted by atomic mass is 10.1. The van der Waals surface area contributed by atoms with Crippen LogP contribution < -0.4 is 10.6 Å². The van der Waals surface area contributed by atoms with Crippen molar-refractivity contribution < 1.29 is 18.7 Å². The largest absolute Gasteiger partial charge is 0.496 e. The van der Waals surface area contributed by atoms with Crippen LogP contribution in [0.4, 0.5) is 4.39 Å². The van der Waals surface area contributed by atoms with Gasteiger partial charge in [-0.15, -0.1) is 11.3 Å². The summed E-state index contributed by atoms with van der Waals surface area (Å²) in [6.07, 6.45) is 1.25. The molecule has 0 fully saturated rings.